The van der Waals surface area contributed by atoms with Gasteiger partial charge in [0.05, 0.1) is 18.2 Å². The molecule has 144 valence electrons. The number of hydrogen-bond acceptors (Lipinski definition) is 5. The highest BCUT2D eigenvalue weighted by Gasteiger charge is 2.28. The Balaban J connectivity index is 1.56. The van der Waals surface area contributed by atoms with Crippen molar-refractivity contribution in [3.05, 3.63) is 95.0 Å². The van der Waals surface area contributed by atoms with Gasteiger partial charge in [-0.15, -0.1) is 0 Å². The second-order valence-electron chi connectivity index (χ2n) is 6.24. The molecule has 0 fully saturated rings. The van der Waals surface area contributed by atoms with Crippen LogP contribution in [0.5, 0.6) is 17.2 Å². The Morgan fingerprint density at radius 2 is 1.79 bits per heavy atom. The van der Waals surface area contributed by atoms with Crippen LogP contribution in [0.1, 0.15) is 26.3 Å². The first-order chi connectivity index (χ1) is 14.0. The van der Waals surface area contributed by atoms with Crippen molar-refractivity contribution in [2.75, 3.05) is 7.11 Å². The van der Waals surface area contributed by atoms with E-state index in [1.54, 1.807) is 25.3 Å². The van der Waals surface area contributed by atoms with E-state index in [-0.39, 0.29) is 22.9 Å². The lowest BCUT2D eigenvalue weighted by atomic mass is 10.1. The summed E-state index contributed by atoms with van der Waals surface area (Å²) in [5.74, 6) is -0.0977. The minimum absolute atomic E-state index is 0.145. The molecular weight excluding hydrogens is 375 g/mol. The number of hydrogen-bond donors (Lipinski definition) is 0. The van der Waals surface area contributed by atoms with Crippen molar-refractivity contribution in [1.82, 2.24) is 0 Å². The third kappa shape index (κ3) is 3.73. The molecule has 0 spiro atoms. The van der Waals surface area contributed by atoms with Gasteiger partial charge in [-0.1, -0.05) is 18.2 Å². The largest absolute Gasteiger partial charge is 0.496 e. The van der Waals surface area contributed by atoms with Gasteiger partial charge in [0.25, 0.3) is 0 Å². The van der Waals surface area contributed by atoms with Gasteiger partial charge in [0.2, 0.25) is 5.78 Å². The summed E-state index contributed by atoms with van der Waals surface area (Å²) in [6.07, 6.45) is 1.60. The lowest BCUT2D eigenvalue weighted by Gasteiger charge is -2.06. The normalized spacial score (nSPS) is 13.7. The van der Waals surface area contributed by atoms with Crippen LogP contribution in [-0.4, -0.2) is 18.9 Å². The number of carbonyl (C=O) groups is 2. The highest BCUT2D eigenvalue weighted by molar-refractivity contribution is 6.14. The molecule has 0 radical (unpaired) electrons. The predicted molar refractivity (Wildman–Crippen MR) is 104 cm³/mol. The van der Waals surface area contributed by atoms with Crippen LogP contribution >= 0.6 is 0 Å². The Bertz CT molecular complexity index is 1130. The summed E-state index contributed by atoms with van der Waals surface area (Å²) >= 11 is 0. The van der Waals surface area contributed by atoms with Gasteiger partial charge in [-0.2, -0.15) is 0 Å². The average molecular weight is 390 g/mol. The number of carbonyl (C=O) groups excluding carboxylic acids is 2. The molecule has 1 aliphatic heterocycles. The summed E-state index contributed by atoms with van der Waals surface area (Å²) in [6, 6.07) is 16.8. The Hall–Kier alpha value is -3.93. The number of ether oxygens (including phenoxy) is 3. The van der Waals surface area contributed by atoms with Gasteiger partial charge in [0.1, 0.15) is 23.1 Å². The summed E-state index contributed by atoms with van der Waals surface area (Å²) < 4.78 is 29.3. The van der Waals surface area contributed by atoms with E-state index >= 15 is 0 Å². The summed E-state index contributed by atoms with van der Waals surface area (Å²) in [5.41, 5.74) is 1.28. The van der Waals surface area contributed by atoms with Gasteiger partial charge in [0.15, 0.2) is 5.76 Å². The number of esters is 1. The van der Waals surface area contributed by atoms with Crippen molar-refractivity contribution in [2.45, 2.75) is 0 Å². The molecule has 5 nitrogen and oxygen atoms in total. The molecule has 3 aromatic rings. The van der Waals surface area contributed by atoms with E-state index in [0.717, 1.165) is 0 Å². The van der Waals surface area contributed by atoms with Crippen LogP contribution in [0.15, 0.2) is 72.5 Å². The minimum Gasteiger partial charge on any atom is -0.496 e. The summed E-state index contributed by atoms with van der Waals surface area (Å²) in [7, 11) is 1.55. The van der Waals surface area contributed by atoms with Gasteiger partial charge in [-0.05, 0) is 48.5 Å². The third-order valence-electron chi connectivity index (χ3n) is 4.36. The monoisotopic (exact) mass is 390 g/mol. The molecule has 4 rings (SSSR count). The van der Waals surface area contributed by atoms with E-state index in [2.05, 4.69) is 0 Å². The second-order valence-corrected chi connectivity index (χ2v) is 6.24. The number of benzene rings is 3. The van der Waals surface area contributed by atoms with Gasteiger partial charge >= 0.3 is 5.97 Å². The van der Waals surface area contributed by atoms with Crippen molar-refractivity contribution in [3.63, 3.8) is 0 Å². The molecule has 0 N–H and O–H groups in total. The Labute approximate surface area is 166 Å². The Kier molecular flexibility index (Phi) is 4.83. The van der Waals surface area contributed by atoms with E-state index in [1.165, 1.54) is 42.5 Å². The molecule has 0 atom stereocenters. The molecule has 0 saturated heterocycles. The number of Topliss-reactive ketones (excluding diaryl/α,β-unsaturated/α-hetero) is 1. The highest BCUT2D eigenvalue weighted by atomic mass is 19.1. The van der Waals surface area contributed by atoms with E-state index in [1.807, 2.05) is 12.1 Å². The molecule has 29 heavy (non-hydrogen) atoms. The number of methoxy groups -OCH3 is 1. The maximum absolute atomic E-state index is 13.0. The van der Waals surface area contributed by atoms with Crippen LogP contribution in [0.2, 0.25) is 0 Å². The molecule has 6 heteroatoms. The molecule has 1 heterocycles. The fourth-order valence-electron chi connectivity index (χ4n) is 2.91. The van der Waals surface area contributed by atoms with Crippen molar-refractivity contribution < 1.29 is 28.2 Å². The predicted octanol–water partition coefficient (Wildman–Crippen LogP) is 4.67. The van der Waals surface area contributed by atoms with Crippen LogP contribution < -0.4 is 14.2 Å². The van der Waals surface area contributed by atoms with E-state index in [0.29, 0.717) is 22.6 Å². The van der Waals surface area contributed by atoms with E-state index in [4.69, 9.17) is 14.2 Å². The summed E-state index contributed by atoms with van der Waals surface area (Å²) in [4.78, 5) is 24.8. The Morgan fingerprint density at radius 3 is 2.55 bits per heavy atom. The maximum atomic E-state index is 13.0. The van der Waals surface area contributed by atoms with Crippen LogP contribution in [0, 0.1) is 5.82 Å². The van der Waals surface area contributed by atoms with Crippen LogP contribution in [0.4, 0.5) is 4.39 Å². The maximum Gasteiger partial charge on any atom is 0.343 e. The molecule has 3 aromatic carbocycles. The second kappa shape index (κ2) is 7.59. The van der Waals surface area contributed by atoms with Crippen molar-refractivity contribution in [3.8, 4) is 17.2 Å². The van der Waals surface area contributed by atoms with Gasteiger partial charge in [-0.3, -0.25) is 4.79 Å². The van der Waals surface area contributed by atoms with Crippen molar-refractivity contribution in [2.24, 2.45) is 0 Å². The zero-order chi connectivity index (χ0) is 20.4. The first-order valence-corrected chi connectivity index (χ1v) is 8.74. The van der Waals surface area contributed by atoms with E-state index in [9.17, 15) is 14.0 Å². The summed E-state index contributed by atoms with van der Waals surface area (Å²) in [5, 5.41) is 0. The number of fused-ring (bicyclic) bond motifs is 1. The lowest BCUT2D eigenvalue weighted by molar-refractivity contribution is 0.0734. The summed E-state index contributed by atoms with van der Waals surface area (Å²) in [6.45, 7) is 0. The average Bonchev–Trinajstić information content (AvgIpc) is 3.03. The quantitative estimate of drug-likeness (QED) is 0.368. The van der Waals surface area contributed by atoms with Crippen LogP contribution in [0.3, 0.4) is 0 Å². The molecule has 0 bridgehead atoms. The molecule has 0 saturated carbocycles. The minimum atomic E-state index is -0.640. The molecule has 0 aromatic heterocycles. The SMILES string of the molecule is COc1ccccc1/C=C1\Oc2cc(OC(=O)c3ccc(F)cc3)ccc2C1=O. The van der Waals surface area contributed by atoms with Crippen LogP contribution in [0.25, 0.3) is 6.08 Å². The first kappa shape index (κ1) is 18.4. The zero-order valence-corrected chi connectivity index (χ0v) is 15.3. The Morgan fingerprint density at radius 1 is 1.03 bits per heavy atom. The van der Waals surface area contributed by atoms with Gasteiger partial charge in [-0.25, -0.2) is 9.18 Å². The fraction of sp³-hybridized carbons (Fsp3) is 0.0435. The topological polar surface area (TPSA) is 61.8 Å². The number of ketones is 1. The molecule has 0 amide bonds. The molecule has 1 aliphatic rings. The molecule has 0 aliphatic carbocycles. The number of para-hydroxylation sites is 1. The zero-order valence-electron chi connectivity index (χ0n) is 15.3. The number of rotatable bonds is 4. The fourth-order valence-corrected chi connectivity index (χ4v) is 2.91. The van der Waals surface area contributed by atoms with Crippen molar-refractivity contribution >= 4 is 17.8 Å². The van der Waals surface area contributed by atoms with E-state index < -0.39 is 11.8 Å². The lowest BCUT2D eigenvalue weighted by Crippen LogP contribution is -2.08. The van der Waals surface area contributed by atoms with Gasteiger partial charge in [0, 0.05) is 11.6 Å². The molecular formula is C23H15FO5. The number of allylic oxidation sites excluding steroid dienone is 1. The first-order valence-electron chi connectivity index (χ1n) is 8.74. The standard InChI is InChI=1S/C23H15FO5/c1-27-19-5-3-2-4-15(19)12-21-22(25)18-11-10-17(13-20(18)29-21)28-23(26)14-6-8-16(24)9-7-14/h2-13H,1H3/b21-12-. The van der Waals surface area contributed by atoms with Crippen LogP contribution in [-0.2, 0) is 0 Å². The highest BCUT2D eigenvalue weighted by Crippen LogP contribution is 2.35. The van der Waals surface area contributed by atoms with Crippen molar-refractivity contribution in [1.29, 1.82) is 0 Å². The molecule has 0 unspecified atom stereocenters. The van der Waals surface area contributed by atoms with Gasteiger partial charge < -0.3 is 14.2 Å². The smallest absolute Gasteiger partial charge is 0.343 e. The third-order valence-corrected chi connectivity index (χ3v) is 4.36. The number of halogens is 1.